The molecule has 106 valence electrons. The molecule has 0 aliphatic heterocycles. The third-order valence-corrected chi connectivity index (χ3v) is 4.37. The average molecular weight is 402 g/mol. The van der Waals surface area contributed by atoms with E-state index in [4.69, 9.17) is 4.74 Å². The summed E-state index contributed by atoms with van der Waals surface area (Å²) in [4.78, 5) is 0. The summed E-state index contributed by atoms with van der Waals surface area (Å²) in [6.45, 7) is 0.606. The Kier molecular flexibility index (Phi) is 6.05. The molecule has 0 spiro atoms. The van der Waals surface area contributed by atoms with E-state index in [1.165, 1.54) is 6.07 Å². The molecule has 0 saturated heterocycles. The van der Waals surface area contributed by atoms with E-state index in [1.54, 1.807) is 12.1 Å². The van der Waals surface area contributed by atoms with Gasteiger partial charge in [-0.1, -0.05) is 44.0 Å². The van der Waals surface area contributed by atoms with Crippen LogP contribution in [-0.2, 0) is 0 Å². The van der Waals surface area contributed by atoms with Gasteiger partial charge in [0.1, 0.15) is 11.6 Å². The van der Waals surface area contributed by atoms with Gasteiger partial charge in [0.05, 0.1) is 6.61 Å². The normalized spacial score (nSPS) is 12.2. The van der Waals surface area contributed by atoms with Gasteiger partial charge in [-0.05, 0) is 54.3 Å². The molecule has 1 atom stereocenters. The Morgan fingerprint density at radius 3 is 2.50 bits per heavy atom. The molecule has 2 aromatic rings. The zero-order valence-corrected chi connectivity index (χ0v) is 14.0. The highest BCUT2D eigenvalue weighted by atomic mass is 79.9. The van der Waals surface area contributed by atoms with Crippen molar-refractivity contribution in [2.45, 2.75) is 12.3 Å². The van der Waals surface area contributed by atoms with Crippen LogP contribution in [0.2, 0.25) is 0 Å². The number of benzene rings is 2. The standard InChI is InChI=1S/C16H15Br2FO/c17-11-13(12-2-1-3-15(19)10-12)8-9-20-16-6-4-14(18)5-7-16/h1-7,10,13H,8-9,11H2. The van der Waals surface area contributed by atoms with Crippen molar-refractivity contribution < 1.29 is 9.13 Å². The third-order valence-electron chi connectivity index (χ3n) is 3.06. The van der Waals surface area contributed by atoms with Gasteiger partial charge in [0.15, 0.2) is 0 Å². The van der Waals surface area contributed by atoms with Gasteiger partial charge in [-0.3, -0.25) is 0 Å². The minimum atomic E-state index is -0.192. The molecule has 0 heterocycles. The van der Waals surface area contributed by atoms with E-state index in [0.717, 1.165) is 27.5 Å². The smallest absolute Gasteiger partial charge is 0.123 e. The summed E-state index contributed by atoms with van der Waals surface area (Å²) in [5, 5.41) is 0.792. The van der Waals surface area contributed by atoms with Gasteiger partial charge in [-0.25, -0.2) is 4.39 Å². The first-order valence-electron chi connectivity index (χ1n) is 6.39. The molecule has 0 aliphatic rings. The Morgan fingerprint density at radius 2 is 1.85 bits per heavy atom. The molecule has 0 saturated carbocycles. The van der Waals surface area contributed by atoms with Crippen molar-refractivity contribution in [1.82, 2.24) is 0 Å². The third kappa shape index (κ3) is 4.60. The number of hydrogen-bond donors (Lipinski definition) is 0. The summed E-state index contributed by atoms with van der Waals surface area (Å²) in [7, 11) is 0. The average Bonchev–Trinajstić information content (AvgIpc) is 2.45. The molecule has 0 N–H and O–H groups in total. The SMILES string of the molecule is Fc1cccc(C(CBr)CCOc2ccc(Br)cc2)c1. The molecule has 2 rings (SSSR count). The lowest BCUT2D eigenvalue weighted by Gasteiger charge is -2.15. The van der Waals surface area contributed by atoms with E-state index >= 15 is 0 Å². The highest BCUT2D eigenvalue weighted by Gasteiger charge is 2.11. The van der Waals surface area contributed by atoms with E-state index in [2.05, 4.69) is 31.9 Å². The summed E-state index contributed by atoms with van der Waals surface area (Å²) in [5.41, 5.74) is 1.00. The van der Waals surface area contributed by atoms with E-state index < -0.39 is 0 Å². The van der Waals surface area contributed by atoms with Crippen molar-refractivity contribution in [3.8, 4) is 5.75 Å². The zero-order chi connectivity index (χ0) is 14.4. The quantitative estimate of drug-likeness (QED) is 0.577. The second-order valence-electron chi connectivity index (χ2n) is 4.50. The number of hydrogen-bond acceptors (Lipinski definition) is 1. The van der Waals surface area contributed by atoms with Crippen molar-refractivity contribution >= 4 is 31.9 Å². The maximum Gasteiger partial charge on any atom is 0.123 e. The van der Waals surface area contributed by atoms with Crippen molar-refractivity contribution in [2.24, 2.45) is 0 Å². The number of alkyl halides is 1. The topological polar surface area (TPSA) is 9.23 Å². The van der Waals surface area contributed by atoms with Gasteiger partial charge < -0.3 is 4.74 Å². The van der Waals surface area contributed by atoms with Crippen LogP contribution >= 0.6 is 31.9 Å². The van der Waals surface area contributed by atoms with E-state index in [0.29, 0.717) is 6.61 Å². The van der Waals surface area contributed by atoms with Crippen LogP contribution in [0.1, 0.15) is 17.9 Å². The van der Waals surface area contributed by atoms with Crippen LogP contribution in [0.25, 0.3) is 0 Å². The van der Waals surface area contributed by atoms with E-state index in [9.17, 15) is 4.39 Å². The zero-order valence-electron chi connectivity index (χ0n) is 10.9. The van der Waals surface area contributed by atoms with Crippen LogP contribution in [0.3, 0.4) is 0 Å². The summed E-state index contributed by atoms with van der Waals surface area (Å²) in [6, 6.07) is 14.5. The van der Waals surface area contributed by atoms with Gasteiger partial charge in [0.25, 0.3) is 0 Å². The largest absolute Gasteiger partial charge is 0.494 e. The Morgan fingerprint density at radius 1 is 1.10 bits per heavy atom. The predicted octanol–water partition coefficient (Wildman–Crippen LogP) is 5.54. The first-order valence-corrected chi connectivity index (χ1v) is 8.30. The summed E-state index contributed by atoms with van der Waals surface area (Å²) in [6.07, 6.45) is 0.838. The number of ether oxygens (including phenoxy) is 1. The molecule has 1 nitrogen and oxygen atoms in total. The molecule has 0 aromatic heterocycles. The minimum Gasteiger partial charge on any atom is -0.494 e. The molecule has 0 amide bonds. The second-order valence-corrected chi connectivity index (χ2v) is 6.06. The maximum atomic E-state index is 13.2. The van der Waals surface area contributed by atoms with Crippen molar-refractivity contribution in [3.05, 3.63) is 64.4 Å². The van der Waals surface area contributed by atoms with Crippen LogP contribution in [0.15, 0.2) is 53.0 Å². The lowest BCUT2D eigenvalue weighted by atomic mass is 9.98. The fourth-order valence-corrected chi connectivity index (χ4v) is 2.91. The highest BCUT2D eigenvalue weighted by molar-refractivity contribution is 9.10. The monoisotopic (exact) mass is 400 g/mol. The molecule has 1 unspecified atom stereocenters. The highest BCUT2D eigenvalue weighted by Crippen LogP contribution is 2.23. The molecule has 0 bridgehead atoms. The minimum absolute atomic E-state index is 0.192. The lowest BCUT2D eigenvalue weighted by molar-refractivity contribution is 0.301. The van der Waals surface area contributed by atoms with Crippen LogP contribution in [-0.4, -0.2) is 11.9 Å². The van der Waals surface area contributed by atoms with Crippen LogP contribution in [0.4, 0.5) is 4.39 Å². The molecule has 0 aliphatic carbocycles. The van der Waals surface area contributed by atoms with Crippen molar-refractivity contribution in [3.63, 3.8) is 0 Å². The molecule has 2 aromatic carbocycles. The van der Waals surface area contributed by atoms with Crippen molar-refractivity contribution in [2.75, 3.05) is 11.9 Å². The van der Waals surface area contributed by atoms with Gasteiger partial charge in [0.2, 0.25) is 0 Å². The van der Waals surface area contributed by atoms with Gasteiger partial charge in [-0.2, -0.15) is 0 Å². The van der Waals surface area contributed by atoms with Crippen LogP contribution in [0, 0.1) is 5.82 Å². The summed E-state index contributed by atoms with van der Waals surface area (Å²) < 4.78 is 20.0. The summed E-state index contributed by atoms with van der Waals surface area (Å²) >= 11 is 6.88. The first-order chi connectivity index (χ1) is 9.69. The van der Waals surface area contributed by atoms with E-state index in [-0.39, 0.29) is 11.7 Å². The Labute approximate surface area is 135 Å². The van der Waals surface area contributed by atoms with Gasteiger partial charge >= 0.3 is 0 Å². The Hall–Kier alpha value is -0.870. The number of halogens is 3. The van der Waals surface area contributed by atoms with Crippen molar-refractivity contribution in [1.29, 1.82) is 0 Å². The fourth-order valence-electron chi connectivity index (χ4n) is 1.94. The lowest BCUT2D eigenvalue weighted by Crippen LogP contribution is -2.07. The molecule has 20 heavy (non-hydrogen) atoms. The first kappa shape index (κ1) is 15.5. The van der Waals surface area contributed by atoms with Crippen LogP contribution in [0.5, 0.6) is 5.75 Å². The number of rotatable bonds is 6. The molecular formula is C16H15Br2FO. The van der Waals surface area contributed by atoms with Gasteiger partial charge in [-0.15, -0.1) is 0 Å². The summed E-state index contributed by atoms with van der Waals surface area (Å²) in [5.74, 6) is 0.907. The Bertz CT molecular complexity index is 542. The molecule has 0 radical (unpaired) electrons. The second kappa shape index (κ2) is 7.79. The maximum absolute atomic E-state index is 13.2. The van der Waals surface area contributed by atoms with Gasteiger partial charge in [0, 0.05) is 9.80 Å². The van der Waals surface area contributed by atoms with E-state index in [1.807, 2.05) is 30.3 Å². The van der Waals surface area contributed by atoms with Crippen LogP contribution < -0.4 is 4.74 Å². The molecular weight excluding hydrogens is 387 g/mol. The molecule has 0 fully saturated rings. The predicted molar refractivity (Wildman–Crippen MR) is 87.2 cm³/mol. The Balaban J connectivity index is 1.89. The molecule has 4 heteroatoms. The fraction of sp³-hybridized carbons (Fsp3) is 0.250.